The summed E-state index contributed by atoms with van der Waals surface area (Å²) < 4.78 is 7.61. The Hall–Kier alpha value is -2.86. The van der Waals surface area contributed by atoms with Gasteiger partial charge in [-0.05, 0) is 57.1 Å². The topological polar surface area (TPSA) is 63.3 Å². The van der Waals surface area contributed by atoms with Gasteiger partial charge in [0.2, 0.25) is 5.91 Å². The number of furan rings is 1. The van der Waals surface area contributed by atoms with Crippen LogP contribution in [0.3, 0.4) is 0 Å². The fourth-order valence-corrected chi connectivity index (χ4v) is 3.78. The van der Waals surface area contributed by atoms with Crippen LogP contribution in [0.5, 0.6) is 0 Å². The van der Waals surface area contributed by atoms with Crippen molar-refractivity contribution in [2.45, 2.75) is 32.9 Å². The van der Waals surface area contributed by atoms with Crippen molar-refractivity contribution < 1.29 is 9.21 Å². The van der Waals surface area contributed by atoms with Crippen LogP contribution in [0, 0.1) is 5.92 Å². The Bertz CT molecular complexity index is 908. The minimum Gasteiger partial charge on any atom is -0.464 e. The lowest BCUT2D eigenvalue weighted by Gasteiger charge is -2.31. The van der Waals surface area contributed by atoms with E-state index in [1.807, 2.05) is 48.9 Å². The first-order valence-corrected chi connectivity index (χ1v) is 9.89. The second-order valence-corrected chi connectivity index (χ2v) is 7.27. The van der Waals surface area contributed by atoms with Crippen LogP contribution in [0.4, 0.5) is 5.69 Å². The maximum absolute atomic E-state index is 12.7. The summed E-state index contributed by atoms with van der Waals surface area (Å²) in [6.07, 6.45) is 7.23. The maximum atomic E-state index is 12.7. The van der Waals surface area contributed by atoms with Crippen molar-refractivity contribution in [3.63, 3.8) is 0 Å². The van der Waals surface area contributed by atoms with Gasteiger partial charge in [0.05, 0.1) is 18.3 Å². The van der Waals surface area contributed by atoms with Gasteiger partial charge in [0, 0.05) is 36.5 Å². The first-order valence-electron chi connectivity index (χ1n) is 9.89. The summed E-state index contributed by atoms with van der Waals surface area (Å²) in [5, 5.41) is 3.08. The van der Waals surface area contributed by atoms with Crippen molar-refractivity contribution in [1.29, 1.82) is 0 Å². The molecule has 0 aliphatic carbocycles. The average Bonchev–Trinajstić information content (AvgIpc) is 3.41. The molecule has 0 unspecified atom stereocenters. The Morgan fingerprint density at radius 3 is 2.86 bits per heavy atom. The molecule has 4 rings (SSSR count). The van der Waals surface area contributed by atoms with Crippen molar-refractivity contribution in [3.05, 3.63) is 60.9 Å². The molecule has 1 saturated heterocycles. The highest BCUT2D eigenvalue weighted by atomic mass is 16.3. The van der Waals surface area contributed by atoms with Crippen LogP contribution in [0.15, 0.2) is 59.6 Å². The lowest BCUT2D eigenvalue weighted by Crippen LogP contribution is -2.38. The monoisotopic (exact) mass is 378 g/mol. The molecule has 0 atom stereocenters. The Labute approximate surface area is 165 Å². The number of nitrogens with zero attached hydrogens (tertiary/aromatic N) is 3. The molecule has 1 aliphatic rings. The quantitative estimate of drug-likeness (QED) is 0.704. The number of aryl methyl sites for hydroxylation is 1. The summed E-state index contributed by atoms with van der Waals surface area (Å²) >= 11 is 0. The van der Waals surface area contributed by atoms with Crippen LogP contribution < -0.4 is 5.32 Å². The van der Waals surface area contributed by atoms with E-state index in [9.17, 15) is 4.79 Å². The molecule has 1 amide bonds. The Balaban J connectivity index is 1.31. The molecule has 6 heteroatoms. The fraction of sp³-hybridized carbons (Fsp3) is 0.364. The standard InChI is InChI=1S/C22H26N4O2/c1-2-26-16-23-14-20(26)15-25-10-8-17(9-11-25)22(27)24-19-6-3-5-18(13-19)21-7-4-12-28-21/h3-7,12-14,16-17H,2,8-11,15H2,1H3,(H,24,27). The number of benzene rings is 1. The molecule has 3 aromatic rings. The van der Waals surface area contributed by atoms with E-state index in [2.05, 4.69) is 26.7 Å². The van der Waals surface area contributed by atoms with Crippen molar-refractivity contribution in [2.75, 3.05) is 18.4 Å². The van der Waals surface area contributed by atoms with Crippen molar-refractivity contribution >= 4 is 11.6 Å². The number of rotatable bonds is 6. The molecule has 1 N–H and O–H groups in total. The van der Waals surface area contributed by atoms with E-state index in [0.717, 1.165) is 56.0 Å². The predicted molar refractivity (Wildman–Crippen MR) is 109 cm³/mol. The van der Waals surface area contributed by atoms with Gasteiger partial charge in [-0.15, -0.1) is 0 Å². The molecule has 2 aromatic heterocycles. The van der Waals surface area contributed by atoms with E-state index in [-0.39, 0.29) is 11.8 Å². The summed E-state index contributed by atoms with van der Waals surface area (Å²) in [6, 6.07) is 11.6. The molecule has 6 nitrogen and oxygen atoms in total. The van der Waals surface area contributed by atoms with E-state index < -0.39 is 0 Å². The van der Waals surface area contributed by atoms with Crippen molar-refractivity contribution in [1.82, 2.24) is 14.5 Å². The minimum absolute atomic E-state index is 0.0552. The van der Waals surface area contributed by atoms with Gasteiger partial charge >= 0.3 is 0 Å². The first kappa shape index (κ1) is 18.5. The van der Waals surface area contributed by atoms with Crippen LogP contribution in [-0.4, -0.2) is 33.4 Å². The number of imidazole rings is 1. The van der Waals surface area contributed by atoms with Gasteiger partial charge in [-0.25, -0.2) is 4.98 Å². The highest BCUT2D eigenvalue weighted by Gasteiger charge is 2.25. The van der Waals surface area contributed by atoms with Gasteiger partial charge in [-0.2, -0.15) is 0 Å². The third-order valence-corrected chi connectivity index (χ3v) is 5.42. The summed E-state index contributed by atoms with van der Waals surface area (Å²) in [5.41, 5.74) is 3.01. The molecule has 1 aliphatic heterocycles. The van der Waals surface area contributed by atoms with E-state index in [1.54, 1.807) is 6.26 Å². The molecule has 0 saturated carbocycles. The number of anilines is 1. The van der Waals surface area contributed by atoms with E-state index in [0.29, 0.717) is 0 Å². The molecule has 1 fully saturated rings. The van der Waals surface area contributed by atoms with Crippen LogP contribution >= 0.6 is 0 Å². The smallest absolute Gasteiger partial charge is 0.227 e. The van der Waals surface area contributed by atoms with Gasteiger partial charge in [0.15, 0.2) is 0 Å². The van der Waals surface area contributed by atoms with Crippen LogP contribution in [0.2, 0.25) is 0 Å². The molecule has 0 spiro atoms. The molecule has 0 bridgehead atoms. The molecule has 0 radical (unpaired) electrons. The minimum atomic E-state index is 0.0552. The van der Waals surface area contributed by atoms with Gasteiger partial charge in [0.25, 0.3) is 0 Å². The maximum Gasteiger partial charge on any atom is 0.227 e. The summed E-state index contributed by atoms with van der Waals surface area (Å²) in [5.74, 6) is 0.963. The number of aromatic nitrogens is 2. The van der Waals surface area contributed by atoms with Gasteiger partial charge in [-0.1, -0.05) is 12.1 Å². The Morgan fingerprint density at radius 1 is 1.25 bits per heavy atom. The molecular weight excluding hydrogens is 352 g/mol. The summed E-state index contributed by atoms with van der Waals surface area (Å²) in [7, 11) is 0. The largest absolute Gasteiger partial charge is 0.464 e. The zero-order valence-electron chi connectivity index (χ0n) is 16.2. The number of hydrogen-bond donors (Lipinski definition) is 1. The molecule has 28 heavy (non-hydrogen) atoms. The number of nitrogens with one attached hydrogen (secondary N) is 1. The summed E-state index contributed by atoms with van der Waals surface area (Å²) in [6.45, 7) is 5.82. The van der Waals surface area contributed by atoms with E-state index in [1.165, 1.54) is 5.69 Å². The lowest BCUT2D eigenvalue weighted by atomic mass is 9.95. The molecule has 1 aromatic carbocycles. The number of likely N-dealkylation sites (tertiary alicyclic amines) is 1. The van der Waals surface area contributed by atoms with Crippen LogP contribution in [-0.2, 0) is 17.9 Å². The second kappa shape index (κ2) is 8.44. The normalized spacial score (nSPS) is 15.6. The number of piperidine rings is 1. The van der Waals surface area contributed by atoms with Crippen molar-refractivity contribution in [2.24, 2.45) is 5.92 Å². The highest BCUT2D eigenvalue weighted by Crippen LogP contribution is 2.25. The Kier molecular flexibility index (Phi) is 5.58. The zero-order chi connectivity index (χ0) is 19.3. The highest BCUT2D eigenvalue weighted by molar-refractivity contribution is 5.93. The number of carbonyl (C=O) groups excluding carboxylic acids is 1. The Morgan fingerprint density at radius 2 is 2.11 bits per heavy atom. The first-order chi connectivity index (χ1) is 13.7. The van der Waals surface area contributed by atoms with Gasteiger partial charge in [0.1, 0.15) is 5.76 Å². The molecular formula is C22H26N4O2. The van der Waals surface area contributed by atoms with Crippen LogP contribution in [0.1, 0.15) is 25.5 Å². The third-order valence-electron chi connectivity index (χ3n) is 5.42. The number of carbonyl (C=O) groups is 1. The van der Waals surface area contributed by atoms with E-state index >= 15 is 0 Å². The molecule has 146 valence electrons. The molecule has 3 heterocycles. The predicted octanol–water partition coefficient (Wildman–Crippen LogP) is 4.01. The SMILES string of the molecule is CCn1cncc1CN1CCC(C(=O)Nc2cccc(-c3ccco3)c2)CC1. The van der Waals surface area contributed by atoms with Crippen LogP contribution in [0.25, 0.3) is 11.3 Å². The van der Waals surface area contributed by atoms with E-state index in [4.69, 9.17) is 4.42 Å². The van der Waals surface area contributed by atoms with Gasteiger partial charge < -0.3 is 14.3 Å². The zero-order valence-corrected chi connectivity index (χ0v) is 16.2. The third kappa shape index (κ3) is 4.17. The van der Waals surface area contributed by atoms with Gasteiger partial charge in [-0.3, -0.25) is 9.69 Å². The lowest BCUT2D eigenvalue weighted by molar-refractivity contribution is -0.121. The fourth-order valence-electron chi connectivity index (χ4n) is 3.78. The number of hydrogen-bond acceptors (Lipinski definition) is 4. The van der Waals surface area contributed by atoms with Crippen molar-refractivity contribution in [3.8, 4) is 11.3 Å². The average molecular weight is 378 g/mol. The second-order valence-electron chi connectivity index (χ2n) is 7.27. The number of amides is 1. The summed E-state index contributed by atoms with van der Waals surface area (Å²) in [4.78, 5) is 19.4.